The highest BCUT2D eigenvalue weighted by atomic mass is 19.1. The highest BCUT2D eigenvalue weighted by Gasteiger charge is 2.38. The smallest absolute Gasteiger partial charge is 0.255 e. The number of benzene rings is 2. The summed E-state index contributed by atoms with van der Waals surface area (Å²) in [4.78, 5) is 18.4. The van der Waals surface area contributed by atoms with Gasteiger partial charge in [0, 0.05) is 24.0 Å². The first-order valence-corrected chi connectivity index (χ1v) is 10.4. The number of carbonyl (C=O) groups excluding carboxylic acids is 1. The van der Waals surface area contributed by atoms with Gasteiger partial charge in [-0.05, 0) is 48.9 Å². The van der Waals surface area contributed by atoms with E-state index < -0.39 is 30.1 Å². The molecule has 1 fully saturated rings. The van der Waals surface area contributed by atoms with E-state index in [1.54, 1.807) is 23.2 Å². The Morgan fingerprint density at radius 3 is 2.88 bits per heavy atom. The van der Waals surface area contributed by atoms with E-state index in [1.807, 2.05) is 0 Å². The zero-order chi connectivity index (χ0) is 22.9. The normalized spacial score (nSPS) is 19.7. The van der Waals surface area contributed by atoms with Gasteiger partial charge in [0.15, 0.2) is 6.35 Å². The van der Waals surface area contributed by atoms with Crippen molar-refractivity contribution in [2.45, 2.75) is 19.0 Å². The molecule has 4 N–H and O–H groups in total. The molecule has 2 aromatic carbocycles. The molecular formula is C23H21F2N5O3. The molecule has 1 saturated heterocycles. The van der Waals surface area contributed by atoms with Crippen molar-refractivity contribution < 1.29 is 23.4 Å². The minimum atomic E-state index is -0.928. The lowest BCUT2D eigenvalue weighted by atomic mass is 10.1. The summed E-state index contributed by atoms with van der Waals surface area (Å²) in [5.41, 5.74) is 1.79. The van der Waals surface area contributed by atoms with Crippen molar-refractivity contribution in [2.24, 2.45) is 0 Å². The van der Waals surface area contributed by atoms with Gasteiger partial charge in [0.05, 0.1) is 23.5 Å². The number of hydrogen-bond acceptors (Lipinski definition) is 7. The number of aliphatic hydroxyl groups excluding tert-OH is 1. The Labute approximate surface area is 188 Å². The fourth-order valence-electron chi connectivity index (χ4n) is 3.98. The van der Waals surface area contributed by atoms with E-state index in [9.17, 15) is 18.7 Å². The van der Waals surface area contributed by atoms with E-state index in [4.69, 9.17) is 4.74 Å². The Morgan fingerprint density at radius 1 is 1.18 bits per heavy atom. The molecule has 170 valence electrons. The van der Waals surface area contributed by atoms with Crippen molar-refractivity contribution in [3.8, 4) is 0 Å². The van der Waals surface area contributed by atoms with Crippen molar-refractivity contribution in [1.82, 2.24) is 9.88 Å². The number of fused-ring (bicyclic) bond motifs is 3. The molecule has 2 unspecified atom stereocenters. The second-order valence-electron chi connectivity index (χ2n) is 7.74. The molecule has 1 aromatic heterocycles. The van der Waals surface area contributed by atoms with Gasteiger partial charge < -0.3 is 25.8 Å². The number of anilines is 4. The first-order valence-electron chi connectivity index (χ1n) is 10.4. The van der Waals surface area contributed by atoms with Crippen LogP contribution in [-0.4, -0.2) is 40.4 Å². The zero-order valence-corrected chi connectivity index (χ0v) is 17.4. The molecule has 0 spiro atoms. The topological polar surface area (TPSA) is 98.8 Å². The third-order valence-electron chi connectivity index (χ3n) is 5.54. The number of nitrogens with one attached hydrogen (secondary N) is 3. The monoisotopic (exact) mass is 453 g/mol. The quantitative estimate of drug-likeness (QED) is 0.477. The first-order chi connectivity index (χ1) is 16.0. The maximum absolute atomic E-state index is 14.9. The molecule has 10 heteroatoms. The van der Waals surface area contributed by atoms with Gasteiger partial charge >= 0.3 is 0 Å². The van der Waals surface area contributed by atoms with Crippen LogP contribution >= 0.6 is 0 Å². The van der Waals surface area contributed by atoms with Crippen molar-refractivity contribution in [2.75, 3.05) is 29.1 Å². The molecule has 1 amide bonds. The number of halogens is 2. The molecule has 3 heterocycles. The number of nitrogens with zero attached hydrogens (tertiary/aromatic N) is 2. The van der Waals surface area contributed by atoms with E-state index >= 15 is 0 Å². The lowest BCUT2D eigenvalue weighted by Gasteiger charge is -2.43. The molecule has 0 aliphatic carbocycles. The van der Waals surface area contributed by atoms with E-state index in [1.165, 1.54) is 30.3 Å². The van der Waals surface area contributed by atoms with Gasteiger partial charge in [-0.3, -0.25) is 4.79 Å². The number of aromatic nitrogens is 1. The average molecular weight is 453 g/mol. The molecule has 0 saturated carbocycles. The summed E-state index contributed by atoms with van der Waals surface area (Å²) in [6.07, 6.45) is 0.882. The van der Waals surface area contributed by atoms with Gasteiger partial charge in [0.25, 0.3) is 5.91 Å². The number of aliphatic hydroxyl groups is 1. The standard InChI is InChI=1S/C23H21F2N5O3/c24-14-4-1-3-13(11-14)21(31)27-15-5-6-17(16(25)12-15)28-18-7-8-26-20-19(18)22-30(23(32)29-20)9-2-10-33-22/h1,3-8,11-12,22-23,32H,2,9-10H2,(H,27,31)(H2,26,28,29). The molecule has 8 nitrogen and oxygen atoms in total. The summed E-state index contributed by atoms with van der Waals surface area (Å²) < 4.78 is 34.1. The predicted octanol–water partition coefficient (Wildman–Crippen LogP) is 3.78. The summed E-state index contributed by atoms with van der Waals surface area (Å²) in [6.45, 7) is 1.18. The van der Waals surface area contributed by atoms with Gasteiger partial charge in [-0.2, -0.15) is 0 Å². The lowest BCUT2D eigenvalue weighted by molar-refractivity contribution is -0.159. The second-order valence-corrected chi connectivity index (χ2v) is 7.74. The van der Waals surface area contributed by atoms with Crippen LogP contribution in [0.1, 0.15) is 28.6 Å². The molecule has 0 bridgehead atoms. The van der Waals surface area contributed by atoms with Crippen molar-refractivity contribution in [1.29, 1.82) is 0 Å². The summed E-state index contributed by atoms with van der Waals surface area (Å²) in [5, 5.41) is 18.9. The van der Waals surface area contributed by atoms with Crippen LogP contribution in [0.4, 0.5) is 31.7 Å². The highest BCUT2D eigenvalue weighted by molar-refractivity contribution is 6.04. The molecule has 5 rings (SSSR count). The molecular weight excluding hydrogens is 432 g/mol. The summed E-state index contributed by atoms with van der Waals surface area (Å²) in [7, 11) is 0. The van der Waals surface area contributed by atoms with Gasteiger partial charge in [0.1, 0.15) is 23.7 Å². The van der Waals surface area contributed by atoms with Gasteiger partial charge in [-0.1, -0.05) is 6.07 Å². The van der Waals surface area contributed by atoms with Crippen LogP contribution in [0.25, 0.3) is 0 Å². The summed E-state index contributed by atoms with van der Waals surface area (Å²) >= 11 is 0. The van der Waals surface area contributed by atoms with E-state index in [-0.39, 0.29) is 16.9 Å². The highest BCUT2D eigenvalue weighted by Crippen LogP contribution is 2.41. The van der Waals surface area contributed by atoms with Crippen LogP contribution in [-0.2, 0) is 4.74 Å². The fraction of sp³-hybridized carbons (Fsp3) is 0.217. The van der Waals surface area contributed by atoms with E-state index in [0.717, 1.165) is 12.5 Å². The maximum atomic E-state index is 14.9. The van der Waals surface area contributed by atoms with Gasteiger partial charge in [-0.15, -0.1) is 0 Å². The van der Waals surface area contributed by atoms with Gasteiger partial charge in [-0.25, -0.2) is 18.7 Å². The minimum Gasteiger partial charge on any atom is -0.361 e. The molecule has 2 aliphatic heterocycles. The number of amides is 1. The predicted molar refractivity (Wildman–Crippen MR) is 118 cm³/mol. The van der Waals surface area contributed by atoms with Crippen LogP contribution in [0.5, 0.6) is 0 Å². The molecule has 3 aromatic rings. The van der Waals surface area contributed by atoms with E-state index in [0.29, 0.717) is 30.2 Å². The summed E-state index contributed by atoms with van der Waals surface area (Å²) in [6, 6.07) is 11.2. The third-order valence-corrected chi connectivity index (χ3v) is 5.54. The van der Waals surface area contributed by atoms with Crippen LogP contribution < -0.4 is 16.0 Å². The first kappa shape index (κ1) is 21.3. The fourth-order valence-corrected chi connectivity index (χ4v) is 3.98. The zero-order valence-electron chi connectivity index (χ0n) is 17.4. The number of carbonyl (C=O) groups is 1. The Morgan fingerprint density at radius 2 is 2.06 bits per heavy atom. The molecule has 0 radical (unpaired) electrons. The number of hydrogen-bond donors (Lipinski definition) is 4. The average Bonchev–Trinajstić information content (AvgIpc) is 2.81. The third kappa shape index (κ3) is 4.23. The maximum Gasteiger partial charge on any atom is 0.255 e. The molecule has 2 atom stereocenters. The number of rotatable bonds is 4. The SMILES string of the molecule is O=C(Nc1ccc(Nc2ccnc3c2C2OCCCN2C(O)N3)c(F)c1)c1cccc(F)c1. The van der Waals surface area contributed by atoms with Crippen LogP contribution in [0.2, 0.25) is 0 Å². The van der Waals surface area contributed by atoms with Crippen molar-refractivity contribution in [3.05, 3.63) is 77.5 Å². The van der Waals surface area contributed by atoms with Crippen LogP contribution in [0.15, 0.2) is 54.7 Å². The van der Waals surface area contributed by atoms with Crippen LogP contribution in [0.3, 0.4) is 0 Å². The molecule has 33 heavy (non-hydrogen) atoms. The van der Waals surface area contributed by atoms with E-state index in [2.05, 4.69) is 20.9 Å². The second kappa shape index (κ2) is 8.74. The molecule has 2 aliphatic rings. The van der Waals surface area contributed by atoms with Crippen molar-refractivity contribution in [3.63, 3.8) is 0 Å². The van der Waals surface area contributed by atoms with Crippen molar-refractivity contribution >= 4 is 28.8 Å². The van der Waals surface area contributed by atoms with Crippen LogP contribution in [0, 0.1) is 11.6 Å². The Bertz CT molecular complexity index is 1210. The Balaban J connectivity index is 1.38. The number of pyridine rings is 1. The lowest BCUT2D eigenvalue weighted by Crippen LogP contribution is -2.51. The number of ether oxygens (including phenoxy) is 1. The Kier molecular flexibility index (Phi) is 5.63. The Hall–Kier alpha value is -3.60. The summed E-state index contributed by atoms with van der Waals surface area (Å²) in [5.74, 6) is -1.22. The minimum absolute atomic E-state index is 0.132. The largest absolute Gasteiger partial charge is 0.361 e. The van der Waals surface area contributed by atoms with Gasteiger partial charge in [0.2, 0.25) is 0 Å².